The Kier molecular flexibility index (Phi) is 4.72. The summed E-state index contributed by atoms with van der Waals surface area (Å²) in [5.41, 5.74) is 1.12. The molecule has 0 spiro atoms. The number of hydrogen-bond acceptors (Lipinski definition) is 3. The Bertz CT molecular complexity index is 297. The molecule has 1 rings (SSSR count). The molecular formula is C11H16N2O. The van der Waals surface area contributed by atoms with Crippen molar-refractivity contribution in [3.8, 4) is 5.88 Å². The van der Waals surface area contributed by atoms with Crippen LogP contribution in [-0.2, 0) is 0 Å². The molecule has 3 nitrogen and oxygen atoms in total. The molecule has 1 aromatic rings. The topological polar surface area (TPSA) is 34.2 Å². The maximum Gasteiger partial charge on any atom is 0.213 e. The molecule has 0 aromatic carbocycles. The Hall–Kier alpha value is -1.35. The fraction of sp³-hybridized carbons (Fsp3) is 0.364. The zero-order valence-corrected chi connectivity index (χ0v) is 8.66. The monoisotopic (exact) mass is 192 g/mol. The molecule has 0 amide bonds. The van der Waals surface area contributed by atoms with E-state index in [2.05, 4.69) is 22.5 Å². The average molecular weight is 192 g/mol. The van der Waals surface area contributed by atoms with E-state index in [4.69, 9.17) is 4.74 Å². The van der Waals surface area contributed by atoms with Crippen molar-refractivity contribution in [2.75, 3.05) is 20.7 Å². The van der Waals surface area contributed by atoms with E-state index in [1.54, 1.807) is 13.3 Å². The molecule has 1 aromatic heterocycles. The highest BCUT2D eigenvalue weighted by atomic mass is 16.5. The van der Waals surface area contributed by atoms with Gasteiger partial charge in [-0.05, 0) is 31.6 Å². The highest BCUT2D eigenvalue weighted by Gasteiger charge is 1.91. The normalized spacial score (nSPS) is 10.7. The lowest BCUT2D eigenvalue weighted by molar-refractivity contribution is 0.398. The Morgan fingerprint density at radius 2 is 2.43 bits per heavy atom. The largest absolute Gasteiger partial charge is 0.481 e. The third-order valence-corrected chi connectivity index (χ3v) is 1.84. The fourth-order valence-corrected chi connectivity index (χ4v) is 1.09. The van der Waals surface area contributed by atoms with Gasteiger partial charge in [-0.15, -0.1) is 0 Å². The Balaban J connectivity index is 2.53. The van der Waals surface area contributed by atoms with Gasteiger partial charge in [0.1, 0.15) is 0 Å². The second-order valence-corrected chi connectivity index (χ2v) is 2.93. The first kappa shape index (κ1) is 10.7. The molecule has 3 heteroatoms. The van der Waals surface area contributed by atoms with Crippen LogP contribution in [0.1, 0.15) is 12.0 Å². The highest BCUT2D eigenvalue weighted by Crippen LogP contribution is 2.09. The zero-order valence-electron chi connectivity index (χ0n) is 8.66. The van der Waals surface area contributed by atoms with Crippen LogP contribution in [0, 0.1) is 0 Å². The minimum atomic E-state index is 0.653. The van der Waals surface area contributed by atoms with Crippen molar-refractivity contribution >= 4 is 6.08 Å². The van der Waals surface area contributed by atoms with Crippen LogP contribution < -0.4 is 10.1 Å². The van der Waals surface area contributed by atoms with Gasteiger partial charge < -0.3 is 10.1 Å². The van der Waals surface area contributed by atoms with Gasteiger partial charge in [0, 0.05) is 12.3 Å². The molecule has 14 heavy (non-hydrogen) atoms. The molecule has 0 fully saturated rings. The van der Waals surface area contributed by atoms with Gasteiger partial charge >= 0.3 is 0 Å². The molecular weight excluding hydrogens is 176 g/mol. The average Bonchev–Trinajstić information content (AvgIpc) is 2.25. The van der Waals surface area contributed by atoms with Gasteiger partial charge in [0.25, 0.3) is 0 Å². The Morgan fingerprint density at radius 3 is 3.14 bits per heavy atom. The summed E-state index contributed by atoms with van der Waals surface area (Å²) < 4.78 is 5.02. The van der Waals surface area contributed by atoms with Gasteiger partial charge in [0.2, 0.25) is 5.88 Å². The van der Waals surface area contributed by atoms with Crippen molar-refractivity contribution in [1.82, 2.24) is 10.3 Å². The van der Waals surface area contributed by atoms with E-state index in [1.807, 2.05) is 19.2 Å². The molecule has 0 atom stereocenters. The molecule has 0 saturated heterocycles. The van der Waals surface area contributed by atoms with Crippen molar-refractivity contribution in [2.45, 2.75) is 6.42 Å². The van der Waals surface area contributed by atoms with E-state index in [0.717, 1.165) is 18.5 Å². The smallest absolute Gasteiger partial charge is 0.213 e. The summed E-state index contributed by atoms with van der Waals surface area (Å²) in [6.07, 6.45) is 6.98. The number of pyridine rings is 1. The van der Waals surface area contributed by atoms with Gasteiger partial charge in [0.15, 0.2) is 0 Å². The maximum atomic E-state index is 5.02. The fourth-order valence-electron chi connectivity index (χ4n) is 1.09. The summed E-state index contributed by atoms with van der Waals surface area (Å²) in [4.78, 5) is 4.03. The first-order chi connectivity index (χ1) is 6.86. The van der Waals surface area contributed by atoms with Crippen molar-refractivity contribution in [2.24, 2.45) is 0 Å². The van der Waals surface area contributed by atoms with Crippen LogP contribution in [0.4, 0.5) is 0 Å². The van der Waals surface area contributed by atoms with Gasteiger partial charge in [-0.1, -0.05) is 12.2 Å². The molecule has 0 unspecified atom stereocenters. The number of aromatic nitrogens is 1. The summed E-state index contributed by atoms with van der Waals surface area (Å²) in [6, 6.07) is 3.87. The molecule has 0 radical (unpaired) electrons. The maximum absolute atomic E-state index is 5.02. The molecule has 1 heterocycles. The molecule has 0 aliphatic carbocycles. The Morgan fingerprint density at radius 1 is 1.57 bits per heavy atom. The van der Waals surface area contributed by atoms with Crippen LogP contribution in [-0.4, -0.2) is 25.7 Å². The quantitative estimate of drug-likeness (QED) is 0.721. The van der Waals surface area contributed by atoms with Crippen molar-refractivity contribution in [1.29, 1.82) is 0 Å². The third kappa shape index (κ3) is 3.58. The van der Waals surface area contributed by atoms with Crippen LogP contribution in [0.5, 0.6) is 5.88 Å². The standard InChI is InChI=1S/C11H16N2O/c1-12-7-4-3-5-10-6-8-13-11(9-10)14-2/h3,5-6,8-9,12H,4,7H2,1-2H3. The summed E-state index contributed by atoms with van der Waals surface area (Å²) in [5.74, 6) is 0.653. The van der Waals surface area contributed by atoms with Crippen LogP contribution in [0.15, 0.2) is 24.4 Å². The van der Waals surface area contributed by atoms with E-state index in [-0.39, 0.29) is 0 Å². The van der Waals surface area contributed by atoms with Crippen molar-refractivity contribution in [3.63, 3.8) is 0 Å². The van der Waals surface area contributed by atoms with Gasteiger partial charge in [-0.3, -0.25) is 0 Å². The first-order valence-corrected chi connectivity index (χ1v) is 4.68. The van der Waals surface area contributed by atoms with E-state index in [1.165, 1.54) is 0 Å². The second-order valence-electron chi connectivity index (χ2n) is 2.93. The van der Waals surface area contributed by atoms with E-state index in [9.17, 15) is 0 Å². The van der Waals surface area contributed by atoms with Crippen molar-refractivity contribution < 1.29 is 4.74 Å². The number of methoxy groups -OCH3 is 1. The summed E-state index contributed by atoms with van der Waals surface area (Å²) in [7, 11) is 3.57. The minimum Gasteiger partial charge on any atom is -0.481 e. The summed E-state index contributed by atoms with van der Waals surface area (Å²) >= 11 is 0. The molecule has 0 saturated carbocycles. The van der Waals surface area contributed by atoms with Gasteiger partial charge in [0.05, 0.1) is 7.11 Å². The molecule has 0 bridgehead atoms. The first-order valence-electron chi connectivity index (χ1n) is 4.68. The van der Waals surface area contributed by atoms with Gasteiger partial charge in [-0.2, -0.15) is 0 Å². The summed E-state index contributed by atoms with van der Waals surface area (Å²) in [6.45, 7) is 0.999. The minimum absolute atomic E-state index is 0.653. The second kappa shape index (κ2) is 6.16. The molecule has 76 valence electrons. The lowest BCUT2D eigenvalue weighted by Gasteiger charge is -1.98. The number of hydrogen-bond donors (Lipinski definition) is 1. The Labute approximate surface area is 84.8 Å². The van der Waals surface area contributed by atoms with E-state index < -0.39 is 0 Å². The highest BCUT2D eigenvalue weighted by molar-refractivity contribution is 5.49. The van der Waals surface area contributed by atoms with Gasteiger partial charge in [-0.25, -0.2) is 4.98 Å². The molecule has 1 N–H and O–H groups in total. The SMILES string of the molecule is CNCCC=Cc1ccnc(OC)c1. The van der Waals surface area contributed by atoms with E-state index >= 15 is 0 Å². The summed E-state index contributed by atoms with van der Waals surface area (Å²) in [5, 5.41) is 3.09. The predicted molar refractivity (Wildman–Crippen MR) is 58.4 cm³/mol. The number of rotatable bonds is 5. The van der Waals surface area contributed by atoms with Crippen LogP contribution >= 0.6 is 0 Å². The molecule has 0 aliphatic heterocycles. The van der Waals surface area contributed by atoms with Crippen LogP contribution in [0.2, 0.25) is 0 Å². The number of nitrogens with one attached hydrogen (secondary N) is 1. The lowest BCUT2D eigenvalue weighted by Crippen LogP contribution is -2.05. The van der Waals surface area contributed by atoms with Crippen LogP contribution in [0.25, 0.3) is 6.08 Å². The molecule has 0 aliphatic rings. The van der Waals surface area contributed by atoms with Crippen LogP contribution in [0.3, 0.4) is 0 Å². The zero-order chi connectivity index (χ0) is 10.2. The number of ether oxygens (including phenoxy) is 1. The van der Waals surface area contributed by atoms with Crippen molar-refractivity contribution in [3.05, 3.63) is 30.0 Å². The third-order valence-electron chi connectivity index (χ3n) is 1.84. The predicted octanol–water partition coefficient (Wildman–Crippen LogP) is 1.71. The van der Waals surface area contributed by atoms with E-state index in [0.29, 0.717) is 5.88 Å². The number of nitrogens with zero attached hydrogens (tertiary/aromatic N) is 1. The lowest BCUT2D eigenvalue weighted by atomic mass is 10.2.